The molecule has 0 radical (unpaired) electrons. The van der Waals surface area contributed by atoms with E-state index in [1.165, 1.54) is 38.6 Å². The Hall–Kier alpha value is -1.51. The van der Waals surface area contributed by atoms with Gasteiger partial charge in [-0.1, -0.05) is 33.6 Å². The third-order valence-corrected chi connectivity index (χ3v) is 9.95. The molecule has 260 valence electrons. The van der Waals surface area contributed by atoms with Gasteiger partial charge >= 0.3 is 0 Å². The summed E-state index contributed by atoms with van der Waals surface area (Å²) < 4.78 is 0. The molecule has 0 saturated carbocycles. The fraction of sp³-hybridized carbons (Fsp3) is 0.919. The molecule has 3 aliphatic heterocycles. The Morgan fingerprint density at radius 3 is 1.73 bits per heavy atom. The molecular weight excluding hydrogens is 556 g/mol. The average molecular weight is 629 g/mol. The number of rotatable bonds is 10. The summed E-state index contributed by atoms with van der Waals surface area (Å²) in [5.74, 6) is 1.07. The molecule has 0 aromatic carbocycles. The number of hydrogen-bond acceptors (Lipinski definition) is 8. The highest BCUT2D eigenvalue weighted by Crippen LogP contribution is 2.35. The van der Waals surface area contributed by atoms with Crippen LogP contribution in [0.1, 0.15) is 154 Å². The van der Waals surface area contributed by atoms with Crippen LogP contribution in [0.3, 0.4) is 0 Å². The van der Waals surface area contributed by atoms with Crippen molar-refractivity contribution in [2.45, 2.75) is 194 Å². The van der Waals surface area contributed by atoms with E-state index in [1.54, 1.807) is 0 Å². The quantitative estimate of drug-likeness (QED) is 0.224. The molecule has 0 bridgehead atoms. The topological polar surface area (TPSA) is 93.6 Å². The van der Waals surface area contributed by atoms with Crippen LogP contribution in [0.15, 0.2) is 15.0 Å². The van der Waals surface area contributed by atoms with Crippen LogP contribution in [-0.2, 0) is 0 Å². The van der Waals surface area contributed by atoms with Gasteiger partial charge in [0.05, 0.1) is 5.54 Å². The second kappa shape index (κ2) is 14.3. The Morgan fingerprint density at radius 2 is 1.22 bits per heavy atom. The average Bonchev–Trinajstić information content (AvgIpc) is 2.79. The van der Waals surface area contributed by atoms with Gasteiger partial charge in [-0.15, -0.1) is 0 Å². The minimum Gasteiger partial charge on any atom is -0.368 e. The zero-order chi connectivity index (χ0) is 33.9. The maximum atomic E-state index is 6.52. The van der Waals surface area contributed by atoms with Gasteiger partial charge in [0, 0.05) is 47.0 Å². The van der Waals surface area contributed by atoms with Gasteiger partial charge < -0.3 is 26.2 Å². The Kier molecular flexibility index (Phi) is 12.1. The number of unbranched alkanes of at least 4 members (excludes halogenated alkanes) is 3. The first kappa shape index (κ1) is 37.9. The number of nitrogens with zero attached hydrogens (tertiary/aromatic N) is 5. The SMILES string of the molecule is CCN(CCCCCCN(C1=NC(N)=NC(C)(C)CC(C)(C)CC=N1)C1CC(C)(C)NC(C)(C)C1)C1CC(C)(C)NC(C)(C)C1. The first-order valence-corrected chi connectivity index (χ1v) is 18.1. The van der Waals surface area contributed by atoms with Crippen molar-refractivity contribution in [3.63, 3.8) is 0 Å². The van der Waals surface area contributed by atoms with E-state index >= 15 is 0 Å². The molecular formula is C37H72N8. The number of nitrogens with two attached hydrogens (primary N) is 1. The number of hydrogen-bond donors (Lipinski definition) is 3. The van der Waals surface area contributed by atoms with Crippen molar-refractivity contribution in [3.8, 4) is 0 Å². The predicted molar refractivity (Wildman–Crippen MR) is 196 cm³/mol. The van der Waals surface area contributed by atoms with Crippen LogP contribution in [0.5, 0.6) is 0 Å². The van der Waals surface area contributed by atoms with Crippen LogP contribution >= 0.6 is 0 Å². The lowest BCUT2D eigenvalue weighted by molar-refractivity contribution is 0.0680. The molecule has 3 rings (SSSR count). The molecule has 3 heterocycles. The predicted octanol–water partition coefficient (Wildman–Crippen LogP) is 7.13. The molecule has 8 heteroatoms. The van der Waals surface area contributed by atoms with Gasteiger partial charge in [0.2, 0.25) is 11.9 Å². The number of guanidine groups is 2. The van der Waals surface area contributed by atoms with Crippen LogP contribution in [0, 0.1) is 5.41 Å². The molecule has 0 aliphatic carbocycles. The van der Waals surface area contributed by atoms with Crippen molar-refractivity contribution >= 4 is 18.1 Å². The minimum absolute atomic E-state index is 0.0237. The van der Waals surface area contributed by atoms with E-state index in [9.17, 15) is 0 Å². The van der Waals surface area contributed by atoms with Crippen molar-refractivity contribution < 1.29 is 0 Å². The molecule has 4 N–H and O–H groups in total. The molecule has 0 amide bonds. The molecule has 8 nitrogen and oxygen atoms in total. The van der Waals surface area contributed by atoms with E-state index in [0.717, 1.165) is 51.2 Å². The van der Waals surface area contributed by atoms with Gasteiger partial charge in [0.1, 0.15) is 0 Å². The second-order valence-corrected chi connectivity index (χ2v) is 18.7. The van der Waals surface area contributed by atoms with Crippen molar-refractivity contribution in [3.05, 3.63) is 0 Å². The number of aliphatic imine (C=N–C) groups is 3. The summed E-state index contributed by atoms with van der Waals surface area (Å²) in [6.45, 7) is 33.2. The molecule has 3 aliphatic rings. The van der Waals surface area contributed by atoms with Crippen molar-refractivity contribution in [2.24, 2.45) is 26.1 Å². The summed E-state index contributed by atoms with van der Waals surface area (Å²) in [7, 11) is 0. The normalized spacial score (nSPS) is 26.3. The monoisotopic (exact) mass is 629 g/mol. The molecule has 0 atom stereocenters. The maximum absolute atomic E-state index is 6.52. The van der Waals surface area contributed by atoms with Crippen molar-refractivity contribution in [2.75, 3.05) is 19.6 Å². The van der Waals surface area contributed by atoms with Gasteiger partial charge in [-0.2, -0.15) is 4.99 Å². The van der Waals surface area contributed by atoms with Gasteiger partial charge in [0.25, 0.3) is 0 Å². The lowest BCUT2D eigenvalue weighted by atomic mass is 9.78. The van der Waals surface area contributed by atoms with Gasteiger partial charge in [-0.05, 0) is 139 Å². The van der Waals surface area contributed by atoms with Crippen LogP contribution in [0.25, 0.3) is 0 Å². The minimum atomic E-state index is -0.275. The molecule has 45 heavy (non-hydrogen) atoms. The fourth-order valence-corrected chi connectivity index (χ4v) is 9.27. The van der Waals surface area contributed by atoms with E-state index in [0.29, 0.717) is 18.0 Å². The Bertz CT molecular complexity index is 1030. The molecule has 2 fully saturated rings. The Morgan fingerprint density at radius 1 is 0.733 bits per heavy atom. The van der Waals surface area contributed by atoms with E-state index < -0.39 is 0 Å². The molecule has 0 aromatic heterocycles. The Labute approximate surface area is 278 Å². The molecule has 2 saturated heterocycles. The summed E-state index contributed by atoms with van der Waals surface area (Å²) in [4.78, 5) is 20.1. The summed E-state index contributed by atoms with van der Waals surface area (Å²) in [5, 5.41) is 7.72. The van der Waals surface area contributed by atoms with Crippen molar-refractivity contribution in [1.82, 2.24) is 20.4 Å². The highest BCUT2D eigenvalue weighted by Gasteiger charge is 2.42. The zero-order valence-electron chi connectivity index (χ0n) is 31.7. The summed E-state index contributed by atoms with van der Waals surface area (Å²) in [6, 6.07) is 0.972. The third-order valence-electron chi connectivity index (χ3n) is 9.95. The summed E-state index contributed by atoms with van der Waals surface area (Å²) in [6.07, 6.45) is 13.2. The van der Waals surface area contributed by atoms with Gasteiger partial charge in [-0.3, -0.25) is 0 Å². The highest BCUT2D eigenvalue weighted by molar-refractivity contribution is 5.97. The molecule has 0 spiro atoms. The molecule has 0 aromatic rings. The van der Waals surface area contributed by atoms with E-state index in [1.807, 2.05) is 0 Å². The Balaban J connectivity index is 1.73. The lowest BCUT2D eigenvalue weighted by Crippen LogP contribution is -2.62. The van der Waals surface area contributed by atoms with Gasteiger partial charge in [-0.25, -0.2) is 9.98 Å². The summed E-state index contributed by atoms with van der Waals surface area (Å²) >= 11 is 0. The standard InChI is InChI=1S/C37H72N8/c1-14-44(28-23-33(4,5)42-34(6,7)24-28)21-17-15-16-18-22-45(29-25-35(8,9)43-36(10,11)26-29)31-39-20-19-32(2,3)27-37(12,13)41-30(38)40-31/h20,28-29,42-43H,14-19,21-27H2,1-13H3,(H2,38,41). The highest BCUT2D eigenvalue weighted by atomic mass is 15.3. The second-order valence-electron chi connectivity index (χ2n) is 18.7. The van der Waals surface area contributed by atoms with E-state index in [4.69, 9.17) is 20.7 Å². The van der Waals surface area contributed by atoms with Crippen LogP contribution in [0.2, 0.25) is 0 Å². The number of piperidine rings is 2. The lowest BCUT2D eigenvalue weighted by Gasteiger charge is -2.50. The van der Waals surface area contributed by atoms with Crippen LogP contribution in [-0.4, -0.2) is 87.3 Å². The van der Waals surface area contributed by atoms with Crippen molar-refractivity contribution in [1.29, 1.82) is 0 Å². The zero-order valence-corrected chi connectivity index (χ0v) is 31.7. The van der Waals surface area contributed by atoms with Crippen LogP contribution < -0.4 is 16.4 Å². The van der Waals surface area contributed by atoms with Crippen LogP contribution in [0.4, 0.5) is 0 Å². The fourth-order valence-electron chi connectivity index (χ4n) is 9.27. The maximum Gasteiger partial charge on any atom is 0.228 e. The first-order chi connectivity index (χ1) is 20.5. The summed E-state index contributed by atoms with van der Waals surface area (Å²) in [5.41, 5.74) is 6.74. The van der Waals surface area contributed by atoms with E-state index in [-0.39, 0.29) is 33.1 Å². The number of nitrogens with one attached hydrogen (secondary N) is 2. The van der Waals surface area contributed by atoms with Gasteiger partial charge in [0.15, 0.2) is 0 Å². The largest absolute Gasteiger partial charge is 0.368 e. The third kappa shape index (κ3) is 12.2. The molecule has 0 unspecified atom stereocenters. The first-order valence-electron chi connectivity index (χ1n) is 18.1. The van der Waals surface area contributed by atoms with E-state index in [2.05, 4.69) is 117 Å². The smallest absolute Gasteiger partial charge is 0.228 e.